The molecule has 2 amide bonds. The lowest BCUT2D eigenvalue weighted by Gasteiger charge is -2.22. The third-order valence-corrected chi connectivity index (χ3v) is 3.39. The third kappa shape index (κ3) is 4.69. The van der Waals surface area contributed by atoms with Gasteiger partial charge in [0.1, 0.15) is 0 Å². The van der Waals surface area contributed by atoms with Gasteiger partial charge in [0.05, 0.1) is 12.5 Å². The Morgan fingerprint density at radius 1 is 1.12 bits per heavy atom. The molecule has 9 heteroatoms. The normalized spacial score (nSPS) is 12.2. The smallest absolute Gasteiger partial charge is 0.322 e. The van der Waals surface area contributed by atoms with Crippen LogP contribution in [0.5, 0.6) is 0 Å². The molecule has 0 heterocycles. The standard InChI is InChI=1S/C17H12F5N3O/c18-13-3-1-2-12(14(13)19)15(17(20,21)22)25-16(26)24-11-6-4-10(5-7-11)8-9-23/h1-7,15H,8H2,(H2,24,25,26). The van der Waals surface area contributed by atoms with Crippen LogP contribution in [-0.2, 0) is 6.42 Å². The SMILES string of the molecule is N#CCc1ccc(NC(=O)NC(c2cccc(F)c2F)C(F)(F)F)cc1. The first-order valence-corrected chi connectivity index (χ1v) is 7.26. The Kier molecular flexibility index (Phi) is 5.77. The number of hydrogen-bond acceptors (Lipinski definition) is 2. The number of hydrogen-bond donors (Lipinski definition) is 2. The molecule has 0 fully saturated rings. The van der Waals surface area contributed by atoms with Gasteiger partial charge in [-0.2, -0.15) is 18.4 Å². The molecular formula is C17H12F5N3O. The first kappa shape index (κ1) is 19.2. The highest BCUT2D eigenvalue weighted by Gasteiger charge is 2.43. The van der Waals surface area contributed by atoms with Crippen LogP contribution in [0.3, 0.4) is 0 Å². The van der Waals surface area contributed by atoms with E-state index in [2.05, 4.69) is 5.32 Å². The Hall–Kier alpha value is -3.15. The molecule has 4 nitrogen and oxygen atoms in total. The van der Waals surface area contributed by atoms with E-state index >= 15 is 0 Å². The zero-order chi connectivity index (χ0) is 19.3. The second-order valence-electron chi connectivity index (χ2n) is 5.25. The summed E-state index contributed by atoms with van der Waals surface area (Å²) in [6.07, 6.45) is -4.90. The number of halogens is 5. The van der Waals surface area contributed by atoms with E-state index in [1.165, 1.54) is 24.3 Å². The topological polar surface area (TPSA) is 64.9 Å². The number of urea groups is 1. The van der Waals surface area contributed by atoms with Crippen LogP contribution in [0.15, 0.2) is 42.5 Å². The van der Waals surface area contributed by atoms with Gasteiger partial charge in [0.25, 0.3) is 0 Å². The molecule has 0 saturated heterocycles. The number of nitriles is 1. The molecule has 2 aromatic carbocycles. The summed E-state index contributed by atoms with van der Waals surface area (Å²) in [5.41, 5.74) is -0.199. The van der Waals surface area contributed by atoms with E-state index in [0.29, 0.717) is 11.6 Å². The summed E-state index contributed by atoms with van der Waals surface area (Å²) in [5.74, 6) is -3.14. The quantitative estimate of drug-likeness (QED) is 0.782. The Morgan fingerprint density at radius 3 is 2.35 bits per heavy atom. The van der Waals surface area contributed by atoms with Gasteiger partial charge < -0.3 is 10.6 Å². The molecule has 2 rings (SSSR count). The largest absolute Gasteiger partial charge is 0.413 e. The Labute approximate surface area is 145 Å². The fourth-order valence-corrected chi connectivity index (χ4v) is 2.17. The summed E-state index contributed by atoms with van der Waals surface area (Å²) < 4.78 is 66.5. The summed E-state index contributed by atoms with van der Waals surface area (Å²) in [7, 11) is 0. The van der Waals surface area contributed by atoms with Crippen molar-refractivity contribution in [3.63, 3.8) is 0 Å². The van der Waals surface area contributed by atoms with Crippen LogP contribution in [0.25, 0.3) is 0 Å². The van der Waals surface area contributed by atoms with Gasteiger partial charge in [0, 0.05) is 11.3 Å². The second-order valence-corrected chi connectivity index (χ2v) is 5.25. The number of carbonyl (C=O) groups is 1. The van der Waals surface area contributed by atoms with Crippen molar-refractivity contribution in [2.45, 2.75) is 18.6 Å². The van der Waals surface area contributed by atoms with E-state index in [1.54, 1.807) is 5.32 Å². The van der Waals surface area contributed by atoms with Crippen molar-refractivity contribution in [2.75, 3.05) is 5.32 Å². The molecule has 2 N–H and O–H groups in total. The average Bonchev–Trinajstić information content (AvgIpc) is 2.57. The molecule has 0 saturated carbocycles. The minimum Gasteiger partial charge on any atom is -0.322 e. The van der Waals surface area contributed by atoms with E-state index in [1.807, 2.05) is 6.07 Å². The molecule has 0 bridgehead atoms. The van der Waals surface area contributed by atoms with Gasteiger partial charge in [-0.3, -0.25) is 0 Å². The number of anilines is 1. The predicted octanol–water partition coefficient (Wildman–Crippen LogP) is 4.46. The first-order valence-electron chi connectivity index (χ1n) is 7.26. The van der Waals surface area contributed by atoms with Gasteiger partial charge in [0.15, 0.2) is 17.7 Å². The van der Waals surface area contributed by atoms with Crippen molar-refractivity contribution in [1.82, 2.24) is 5.32 Å². The summed E-state index contributed by atoms with van der Waals surface area (Å²) in [4.78, 5) is 11.9. The highest BCUT2D eigenvalue weighted by molar-refractivity contribution is 5.89. The first-order chi connectivity index (χ1) is 12.2. The van der Waals surface area contributed by atoms with Crippen LogP contribution < -0.4 is 10.6 Å². The molecule has 26 heavy (non-hydrogen) atoms. The number of nitrogens with zero attached hydrogens (tertiary/aromatic N) is 1. The number of rotatable bonds is 4. The van der Waals surface area contributed by atoms with Crippen molar-refractivity contribution >= 4 is 11.7 Å². The molecule has 0 aliphatic carbocycles. The maximum absolute atomic E-state index is 13.7. The maximum Gasteiger partial charge on any atom is 0.413 e. The summed E-state index contributed by atoms with van der Waals surface area (Å²) >= 11 is 0. The Bertz CT molecular complexity index is 828. The number of alkyl halides is 3. The maximum atomic E-state index is 13.7. The Balaban J connectivity index is 2.17. The summed E-state index contributed by atoms with van der Waals surface area (Å²) in [5, 5.41) is 12.3. The lowest BCUT2D eigenvalue weighted by atomic mass is 10.1. The molecule has 0 aliphatic rings. The number of amides is 2. The van der Waals surface area contributed by atoms with E-state index in [-0.39, 0.29) is 12.1 Å². The zero-order valence-corrected chi connectivity index (χ0v) is 13.1. The van der Waals surface area contributed by atoms with Gasteiger partial charge in [-0.15, -0.1) is 0 Å². The summed E-state index contributed by atoms with van der Waals surface area (Å²) in [6, 6.07) is 6.13. The van der Waals surface area contributed by atoms with Gasteiger partial charge >= 0.3 is 12.2 Å². The molecule has 1 atom stereocenters. The fourth-order valence-electron chi connectivity index (χ4n) is 2.17. The van der Waals surface area contributed by atoms with Crippen LogP contribution in [-0.4, -0.2) is 12.2 Å². The third-order valence-electron chi connectivity index (χ3n) is 3.39. The monoisotopic (exact) mass is 369 g/mol. The van der Waals surface area contributed by atoms with Crippen LogP contribution in [0, 0.1) is 23.0 Å². The molecule has 2 aromatic rings. The number of nitrogens with one attached hydrogen (secondary N) is 2. The molecular weight excluding hydrogens is 357 g/mol. The summed E-state index contributed by atoms with van der Waals surface area (Å²) in [6.45, 7) is 0. The van der Waals surface area contributed by atoms with Crippen molar-refractivity contribution in [2.24, 2.45) is 0 Å². The molecule has 1 unspecified atom stereocenters. The van der Waals surface area contributed by atoms with Crippen molar-refractivity contribution in [3.05, 3.63) is 65.2 Å². The lowest BCUT2D eigenvalue weighted by molar-refractivity contribution is -0.155. The van der Waals surface area contributed by atoms with Gasteiger partial charge in [-0.1, -0.05) is 24.3 Å². The predicted molar refractivity (Wildman–Crippen MR) is 83.1 cm³/mol. The van der Waals surface area contributed by atoms with E-state index in [9.17, 15) is 26.7 Å². The van der Waals surface area contributed by atoms with Crippen LogP contribution >= 0.6 is 0 Å². The van der Waals surface area contributed by atoms with Gasteiger partial charge in [-0.25, -0.2) is 13.6 Å². The molecule has 0 aliphatic heterocycles. The molecule has 0 radical (unpaired) electrons. The van der Waals surface area contributed by atoms with Crippen LogP contribution in [0.4, 0.5) is 32.4 Å². The Morgan fingerprint density at radius 2 is 1.77 bits per heavy atom. The second kappa shape index (κ2) is 7.82. The van der Waals surface area contributed by atoms with E-state index in [4.69, 9.17) is 5.26 Å². The minimum absolute atomic E-state index is 0.140. The van der Waals surface area contributed by atoms with Crippen LogP contribution in [0.2, 0.25) is 0 Å². The van der Waals surface area contributed by atoms with Crippen LogP contribution in [0.1, 0.15) is 17.2 Å². The van der Waals surface area contributed by atoms with Crippen molar-refractivity contribution < 1.29 is 26.7 Å². The fraction of sp³-hybridized carbons (Fsp3) is 0.176. The zero-order valence-electron chi connectivity index (χ0n) is 13.1. The average molecular weight is 369 g/mol. The highest BCUT2D eigenvalue weighted by Crippen LogP contribution is 2.34. The number of carbonyl (C=O) groups excluding carboxylic acids is 1. The lowest BCUT2D eigenvalue weighted by Crippen LogP contribution is -2.41. The molecule has 136 valence electrons. The van der Waals surface area contributed by atoms with Gasteiger partial charge in [-0.05, 0) is 23.8 Å². The molecule has 0 spiro atoms. The minimum atomic E-state index is -5.04. The molecule has 0 aromatic heterocycles. The van der Waals surface area contributed by atoms with E-state index in [0.717, 1.165) is 12.1 Å². The highest BCUT2D eigenvalue weighted by atomic mass is 19.4. The van der Waals surface area contributed by atoms with Crippen molar-refractivity contribution in [3.8, 4) is 6.07 Å². The van der Waals surface area contributed by atoms with Gasteiger partial charge in [0.2, 0.25) is 0 Å². The van der Waals surface area contributed by atoms with E-state index < -0.39 is 35.4 Å². The number of benzene rings is 2. The van der Waals surface area contributed by atoms with Crippen molar-refractivity contribution in [1.29, 1.82) is 5.26 Å².